The van der Waals surface area contributed by atoms with Crippen molar-refractivity contribution in [2.75, 3.05) is 13.7 Å². The van der Waals surface area contributed by atoms with E-state index in [0.29, 0.717) is 30.9 Å². The van der Waals surface area contributed by atoms with Gasteiger partial charge in [-0.05, 0) is 25.5 Å². The summed E-state index contributed by atoms with van der Waals surface area (Å²) in [6.45, 7) is 2.01. The van der Waals surface area contributed by atoms with Crippen molar-refractivity contribution in [2.24, 2.45) is 0 Å². The Morgan fingerprint density at radius 1 is 1.41 bits per heavy atom. The van der Waals surface area contributed by atoms with Gasteiger partial charge in [-0.25, -0.2) is 0 Å². The van der Waals surface area contributed by atoms with Gasteiger partial charge in [0, 0.05) is 18.1 Å². The van der Waals surface area contributed by atoms with Gasteiger partial charge in [0.25, 0.3) is 0 Å². The molecular weight excluding hydrogens is 220 g/mol. The van der Waals surface area contributed by atoms with Gasteiger partial charge in [-0.3, -0.25) is 0 Å². The van der Waals surface area contributed by atoms with Crippen molar-refractivity contribution in [3.63, 3.8) is 0 Å². The number of carbonyl (C=O) groups is 1. The molecule has 0 amide bonds. The SMILES string of the molecule is COc1cc(OCCCC(C)=O)ccc1CO. The van der Waals surface area contributed by atoms with E-state index in [4.69, 9.17) is 14.6 Å². The zero-order valence-corrected chi connectivity index (χ0v) is 10.2. The maximum atomic E-state index is 10.7. The molecule has 0 atom stereocenters. The van der Waals surface area contributed by atoms with Crippen LogP contribution in [0.25, 0.3) is 0 Å². The van der Waals surface area contributed by atoms with E-state index in [0.717, 1.165) is 5.56 Å². The number of hydrogen-bond donors (Lipinski definition) is 1. The van der Waals surface area contributed by atoms with Crippen LogP contribution in [-0.4, -0.2) is 24.6 Å². The van der Waals surface area contributed by atoms with Gasteiger partial charge >= 0.3 is 0 Å². The van der Waals surface area contributed by atoms with Crippen molar-refractivity contribution in [2.45, 2.75) is 26.4 Å². The van der Waals surface area contributed by atoms with Gasteiger partial charge in [0.05, 0.1) is 20.3 Å². The second-order valence-electron chi connectivity index (χ2n) is 3.79. The lowest BCUT2D eigenvalue weighted by atomic mass is 10.2. The molecule has 0 radical (unpaired) electrons. The maximum Gasteiger partial charge on any atom is 0.129 e. The third-order valence-electron chi connectivity index (χ3n) is 2.37. The minimum Gasteiger partial charge on any atom is -0.496 e. The third kappa shape index (κ3) is 4.44. The zero-order chi connectivity index (χ0) is 12.7. The molecule has 17 heavy (non-hydrogen) atoms. The molecule has 0 aliphatic carbocycles. The van der Waals surface area contributed by atoms with Crippen molar-refractivity contribution in [3.05, 3.63) is 23.8 Å². The van der Waals surface area contributed by atoms with Crippen molar-refractivity contribution in [3.8, 4) is 11.5 Å². The van der Waals surface area contributed by atoms with E-state index in [2.05, 4.69) is 0 Å². The summed E-state index contributed by atoms with van der Waals surface area (Å²) in [6.07, 6.45) is 1.24. The van der Waals surface area contributed by atoms with Crippen LogP contribution in [-0.2, 0) is 11.4 Å². The number of ether oxygens (including phenoxy) is 2. The first kappa shape index (κ1) is 13.5. The molecule has 1 aromatic rings. The Morgan fingerprint density at radius 2 is 2.18 bits per heavy atom. The monoisotopic (exact) mass is 238 g/mol. The fourth-order valence-corrected chi connectivity index (χ4v) is 1.46. The van der Waals surface area contributed by atoms with Gasteiger partial charge in [-0.2, -0.15) is 0 Å². The number of aliphatic hydroxyl groups excluding tert-OH is 1. The summed E-state index contributed by atoms with van der Waals surface area (Å²) in [7, 11) is 1.55. The number of aliphatic hydroxyl groups is 1. The summed E-state index contributed by atoms with van der Waals surface area (Å²) in [5.74, 6) is 1.46. The highest BCUT2D eigenvalue weighted by atomic mass is 16.5. The van der Waals surface area contributed by atoms with E-state index in [1.807, 2.05) is 0 Å². The molecule has 4 nitrogen and oxygen atoms in total. The standard InChI is InChI=1S/C13H18O4/c1-10(15)4-3-7-17-12-6-5-11(9-14)13(8-12)16-2/h5-6,8,14H,3-4,7,9H2,1-2H3. The molecule has 0 aromatic heterocycles. The third-order valence-corrected chi connectivity index (χ3v) is 2.37. The molecular formula is C13H18O4. The molecule has 0 aliphatic rings. The average Bonchev–Trinajstić information content (AvgIpc) is 2.34. The van der Waals surface area contributed by atoms with Crippen molar-refractivity contribution < 1.29 is 19.4 Å². The number of carbonyl (C=O) groups excluding carboxylic acids is 1. The number of methoxy groups -OCH3 is 1. The predicted molar refractivity (Wildman–Crippen MR) is 64.3 cm³/mol. The smallest absolute Gasteiger partial charge is 0.129 e. The minimum atomic E-state index is -0.0617. The molecule has 0 saturated heterocycles. The van der Waals surface area contributed by atoms with E-state index in [-0.39, 0.29) is 12.4 Å². The van der Waals surface area contributed by atoms with Gasteiger partial charge in [0.1, 0.15) is 17.3 Å². The lowest BCUT2D eigenvalue weighted by Crippen LogP contribution is -2.01. The quantitative estimate of drug-likeness (QED) is 0.737. The Labute approximate surface area is 101 Å². The van der Waals surface area contributed by atoms with Crippen LogP contribution >= 0.6 is 0 Å². The van der Waals surface area contributed by atoms with Crippen molar-refractivity contribution in [1.82, 2.24) is 0 Å². The highest BCUT2D eigenvalue weighted by Gasteiger charge is 2.04. The van der Waals surface area contributed by atoms with Crippen LogP contribution in [0.4, 0.5) is 0 Å². The molecule has 94 valence electrons. The summed E-state index contributed by atoms with van der Waals surface area (Å²) < 4.78 is 10.6. The van der Waals surface area contributed by atoms with Crippen LogP contribution in [0.2, 0.25) is 0 Å². The largest absolute Gasteiger partial charge is 0.496 e. The van der Waals surface area contributed by atoms with Crippen molar-refractivity contribution in [1.29, 1.82) is 0 Å². The first-order valence-corrected chi connectivity index (χ1v) is 5.57. The highest BCUT2D eigenvalue weighted by Crippen LogP contribution is 2.24. The van der Waals surface area contributed by atoms with E-state index in [1.165, 1.54) is 0 Å². The lowest BCUT2D eigenvalue weighted by Gasteiger charge is -2.10. The molecule has 0 bridgehead atoms. The Bertz CT molecular complexity index is 374. The second kappa shape index (κ2) is 6.91. The molecule has 0 saturated carbocycles. The first-order chi connectivity index (χ1) is 8.17. The summed E-state index contributed by atoms with van der Waals surface area (Å²) in [5, 5.41) is 9.06. The van der Waals surface area contributed by atoms with Crippen LogP contribution in [0.3, 0.4) is 0 Å². The van der Waals surface area contributed by atoms with Crippen LogP contribution in [0.5, 0.6) is 11.5 Å². The molecule has 1 N–H and O–H groups in total. The van der Waals surface area contributed by atoms with Crippen LogP contribution in [0.1, 0.15) is 25.3 Å². The van der Waals surface area contributed by atoms with Gasteiger partial charge < -0.3 is 19.4 Å². The summed E-state index contributed by atoms with van der Waals surface area (Å²) in [4.78, 5) is 10.7. The lowest BCUT2D eigenvalue weighted by molar-refractivity contribution is -0.117. The molecule has 0 heterocycles. The Balaban J connectivity index is 2.51. The summed E-state index contributed by atoms with van der Waals surface area (Å²) in [5.41, 5.74) is 0.726. The second-order valence-corrected chi connectivity index (χ2v) is 3.79. The molecule has 0 aliphatic heterocycles. The fourth-order valence-electron chi connectivity index (χ4n) is 1.46. The fraction of sp³-hybridized carbons (Fsp3) is 0.462. The van der Waals surface area contributed by atoms with E-state index in [9.17, 15) is 4.79 Å². The van der Waals surface area contributed by atoms with E-state index < -0.39 is 0 Å². The highest BCUT2D eigenvalue weighted by molar-refractivity contribution is 5.75. The predicted octanol–water partition coefficient (Wildman–Crippen LogP) is 1.94. The number of rotatable bonds is 7. The average molecular weight is 238 g/mol. The first-order valence-electron chi connectivity index (χ1n) is 5.57. The number of benzene rings is 1. The Kier molecular flexibility index (Phi) is 5.49. The molecule has 4 heteroatoms. The normalized spacial score (nSPS) is 10.1. The molecule has 0 unspecified atom stereocenters. The Hall–Kier alpha value is -1.55. The van der Waals surface area contributed by atoms with Gasteiger partial charge in [-0.15, -0.1) is 0 Å². The molecule has 1 aromatic carbocycles. The van der Waals surface area contributed by atoms with Crippen LogP contribution in [0.15, 0.2) is 18.2 Å². The maximum absolute atomic E-state index is 10.7. The number of ketones is 1. The zero-order valence-electron chi connectivity index (χ0n) is 10.2. The summed E-state index contributed by atoms with van der Waals surface area (Å²) >= 11 is 0. The van der Waals surface area contributed by atoms with E-state index >= 15 is 0 Å². The topological polar surface area (TPSA) is 55.8 Å². The minimum absolute atomic E-state index is 0.0617. The summed E-state index contributed by atoms with van der Waals surface area (Å²) in [6, 6.07) is 5.28. The molecule has 0 fully saturated rings. The molecule has 0 spiro atoms. The van der Waals surface area contributed by atoms with Gasteiger partial charge in [0.2, 0.25) is 0 Å². The van der Waals surface area contributed by atoms with E-state index in [1.54, 1.807) is 32.2 Å². The van der Waals surface area contributed by atoms with Gasteiger partial charge in [0.15, 0.2) is 0 Å². The van der Waals surface area contributed by atoms with Crippen LogP contribution in [0, 0.1) is 0 Å². The van der Waals surface area contributed by atoms with Crippen LogP contribution < -0.4 is 9.47 Å². The Morgan fingerprint density at radius 3 is 2.76 bits per heavy atom. The number of hydrogen-bond acceptors (Lipinski definition) is 4. The van der Waals surface area contributed by atoms with Crippen molar-refractivity contribution >= 4 is 5.78 Å². The number of Topliss-reactive ketones (excluding diaryl/α,β-unsaturated/α-hetero) is 1. The van der Waals surface area contributed by atoms with Gasteiger partial charge in [-0.1, -0.05) is 0 Å². The molecule has 1 rings (SSSR count).